The van der Waals surface area contributed by atoms with E-state index in [0.29, 0.717) is 0 Å². The zero-order chi connectivity index (χ0) is 20.2. The molecule has 5 aromatic rings. The van der Waals surface area contributed by atoms with Crippen LogP contribution >= 0.6 is 7.26 Å². The molecule has 0 N–H and O–H groups in total. The van der Waals surface area contributed by atoms with E-state index in [2.05, 4.69) is 133 Å². The molecular formula is C29H25P. The summed E-state index contributed by atoms with van der Waals surface area (Å²) in [4.78, 5) is 0. The maximum absolute atomic E-state index is 2.33. The minimum absolute atomic E-state index is 1.03. The molecule has 0 spiro atoms. The molecule has 0 aliphatic carbocycles. The van der Waals surface area contributed by atoms with Gasteiger partial charge in [0.2, 0.25) is 0 Å². The summed E-state index contributed by atoms with van der Waals surface area (Å²) in [5.41, 5.74) is 1.43. The molecule has 0 heterocycles. The van der Waals surface area contributed by atoms with E-state index < -0.39 is 7.26 Å². The van der Waals surface area contributed by atoms with E-state index in [-0.39, 0.29) is 0 Å². The topological polar surface area (TPSA) is 0 Å². The molecule has 0 aromatic heterocycles. The van der Waals surface area contributed by atoms with Gasteiger partial charge in [-0.15, -0.1) is 0 Å². The second kappa shape index (κ2) is 8.27. The third-order valence-electron chi connectivity index (χ3n) is 6.14. The summed E-state index contributed by atoms with van der Waals surface area (Å²) in [6.07, 6.45) is 1.03. The Morgan fingerprint density at radius 3 is 1.37 bits per heavy atom. The average Bonchev–Trinajstić information content (AvgIpc) is 2.84. The van der Waals surface area contributed by atoms with Crippen LogP contribution in [0, 0.1) is 0 Å². The summed E-state index contributed by atoms with van der Waals surface area (Å²) >= 11 is 0. The Morgan fingerprint density at radius 2 is 0.833 bits per heavy atom. The summed E-state index contributed by atoms with van der Waals surface area (Å²) in [5, 5.41) is 7.03. The number of fused-ring (bicyclic) bond motifs is 1. The first-order valence-corrected chi connectivity index (χ1v) is 12.7. The van der Waals surface area contributed by atoms with Crippen molar-refractivity contribution in [3.8, 4) is 0 Å². The van der Waals surface area contributed by atoms with E-state index in [1.54, 1.807) is 0 Å². The van der Waals surface area contributed by atoms with Gasteiger partial charge in [-0.05, 0) is 0 Å². The second-order valence-corrected chi connectivity index (χ2v) is 11.7. The number of hydrogen-bond donors (Lipinski definition) is 0. The predicted molar refractivity (Wildman–Crippen MR) is 134 cm³/mol. The third kappa shape index (κ3) is 3.34. The zero-order valence-corrected chi connectivity index (χ0v) is 17.9. The van der Waals surface area contributed by atoms with E-state index >= 15 is 0 Å². The van der Waals surface area contributed by atoms with Crippen LogP contribution in [0.1, 0.15) is 5.56 Å². The maximum atomic E-state index is 2.33. The van der Waals surface area contributed by atoms with Gasteiger partial charge in [0.05, 0.1) is 0 Å². The quantitative estimate of drug-likeness (QED) is 0.312. The van der Waals surface area contributed by atoms with Crippen molar-refractivity contribution in [3.05, 3.63) is 139 Å². The van der Waals surface area contributed by atoms with Gasteiger partial charge in [0, 0.05) is 0 Å². The van der Waals surface area contributed by atoms with Crippen LogP contribution < -0.4 is 15.9 Å². The molecule has 0 atom stereocenters. The average molecular weight is 404 g/mol. The fraction of sp³-hybridized carbons (Fsp3) is 0.0345. The van der Waals surface area contributed by atoms with Crippen molar-refractivity contribution in [2.24, 2.45) is 0 Å². The number of hydrogen-bond acceptors (Lipinski definition) is 0. The van der Waals surface area contributed by atoms with Crippen molar-refractivity contribution < 1.29 is 0 Å². The van der Waals surface area contributed by atoms with Crippen LogP contribution in [0.5, 0.6) is 0 Å². The van der Waals surface area contributed by atoms with Gasteiger partial charge < -0.3 is 0 Å². The Kier molecular flexibility index (Phi) is 5.18. The van der Waals surface area contributed by atoms with Gasteiger partial charge in [-0.2, -0.15) is 0 Å². The summed E-state index contributed by atoms with van der Waals surface area (Å²) in [7, 11) is -2.28. The van der Waals surface area contributed by atoms with Crippen LogP contribution in [0.25, 0.3) is 10.8 Å². The van der Waals surface area contributed by atoms with Crippen LogP contribution in [-0.4, -0.2) is 0 Å². The molecule has 0 aliphatic rings. The summed E-state index contributed by atoms with van der Waals surface area (Å²) in [5.74, 6) is 0. The van der Waals surface area contributed by atoms with Crippen molar-refractivity contribution >= 4 is 33.9 Å². The van der Waals surface area contributed by atoms with Crippen LogP contribution in [-0.2, 0) is 6.16 Å². The van der Waals surface area contributed by atoms with Gasteiger partial charge in [0.15, 0.2) is 0 Å². The Hall–Kier alpha value is -3.21. The second-order valence-electron chi connectivity index (χ2n) is 7.82. The molecule has 0 bridgehead atoms. The first-order chi connectivity index (χ1) is 14.9. The van der Waals surface area contributed by atoms with Gasteiger partial charge in [0.25, 0.3) is 0 Å². The predicted octanol–water partition coefficient (Wildman–Crippen LogP) is 6.07. The fourth-order valence-electron chi connectivity index (χ4n) is 4.71. The van der Waals surface area contributed by atoms with Crippen LogP contribution in [0.2, 0.25) is 0 Å². The van der Waals surface area contributed by atoms with Crippen molar-refractivity contribution in [2.45, 2.75) is 6.16 Å². The van der Waals surface area contributed by atoms with Crippen LogP contribution in [0.3, 0.4) is 0 Å². The molecule has 0 unspecified atom stereocenters. The Labute approximate surface area is 179 Å². The van der Waals surface area contributed by atoms with E-state index in [1.165, 1.54) is 32.2 Å². The van der Waals surface area contributed by atoms with Gasteiger partial charge >= 0.3 is 179 Å². The van der Waals surface area contributed by atoms with E-state index in [4.69, 9.17) is 0 Å². The SMILES string of the molecule is c1ccc([PH](Cc2cccc3ccccc23)(c2ccccc2)c2ccccc2)cc1. The first kappa shape index (κ1) is 18.8. The van der Waals surface area contributed by atoms with Gasteiger partial charge in [-0.3, -0.25) is 0 Å². The van der Waals surface area contributed by atoms with E-state index in [0.717, 1.165) is 6.16 Å². The molecule has 0 fully saturated rings. The summed E-state index contributed by atoms with van der Waals surface area (Å²) < 4.78 is 0. The van der Waals surface area contributed by atoms with Crippen LogP contribution in [0.15, 0.2) is 133 Å². The molecule has 0 saturated heterocycles. The molecule has 0 nitrogen and oxygen atoms in total. The fourth-order valence-corrected chi connectivity index (χ4v) is 9.48. The van der Waals surface area contributed by atoms with Crippen molar-refractivity contribution in [2.75, 3.05) is 0 Å². The Morgan fingerprint density at radius 1 is 0.400 bits per heavy atom. The van der Waals surface area contributed by atoms with Crippen molar-refractivity contribution in [1.82, 2.24) is 0 Å². The zero-order valence-electron chi connectivity index (χ0n) is 16.9. The first-order valence-electron chi connectivity index (χ1n) is 10.5. The number of benzene rings is 5. The molecular weight excluding hydrogens is 379 g/mol. The molecule has 30 heavy (non-hydrogen) atoms. The monoisotopic (exact) mass is 404 g/mol. The molecule has 5 aromatic carbocycles. The van der Waals surface area contributed by atoms with E-state index in [9.17, 15) is 0 Å². The van der Waals surface area contributed by atoms with Gasteiger partial charge in [-0.25, -0.2) is 0 Å². The molecule has 1 heteroatoms. The Balaban J connectivity index is 1.82. The standard InChI is InChI=1S/C29H25P/c1-4-16-26(17-5-1)30(27-18-6-2-7-19-27,28-20-8-3-9-21-28)23-25-15-12-14-24-13-10-11-22-29(24)25/h1-22,30H,23H2. The minimum atomic E-state index is -2.28. The van der Waals surface area contributed by atoms with Gasteiger partial charge in [-0.1, -0.05) is 0 Å². The number of rotatable bonds is 5. The Bertz CT molecular complexity index is 1140. The molecule has 5 rings (SSSR count). The molecule has 0 aliphatic heterocycles. The molecule has 146 valence electrons. The molecule has 0 radical (unpaired) electrons. The summed E-state index contributed by atoms with van der Waals surface area (Å²) in [6, 6.07) is 49.0. The van der Waals surface area contributed by atoms with Crippen molar-refractivity contribution in [3.63, 3.8) is 0 Å². The normalized spacial score (nSPS) is 12.0. The molecule has 0 saturated carbocycles. The van der Waals surface area contributed by atoms with Crippen molar-refractivity contribution in [1.29, 1.82) is 0 Å². The summed E-state index contributed by atoms with van der Waals surface area (Å²) in [6.45, 7) is 0. The van der Waals surface area contributed by atoms with Gasteiger partial charge in [0.1, 0.15) is 0 Å². The molecule has 0 amide bonds. The third-order valence-corrected chi connectivity index (χ3v) is 11.0. The van der Waals surface area contributed by atoms with E-state index in [1.807, 2.05) is 0 Å². The van der Waals surface area contributed by atoms with Crippen LogP contribution in [0.4, 0.5) is 0 Å².